The van der Waals surface area contributed by atoms with E-state index in [0.717, 1.165) is 28.5 Å². The molecule has 1 aliphatic rings. The number of rotatable bonds is 7. The number of hydrogen-bond acceptors (Lipinski definition) is 3. The number of fused-ring (bicyclic) bond motifs is 1. The summed E-state index contributed by atoms with van der Waals surface area (Å²) in [6, 6.07) is 3.85. The maximum absolute atomic E-state index is 15.0. The molecule has 0 amide bonds. The zero-order valence-corrected chi connectivity index (χ0v) is 18.8. The highest BCUT2D eigenvalue weighted by atomic mass is 19.1. The SMILES string of the molecule is CCOC(C)(C)c1cc2c(cc1\C(C)=C(F)/C=C/C(C)=C/C(=O)O)C=CC(C)(C)O2. The van der Waals surface area contributed by atoms with Crippen LogP contribution in [0, 0.1) is 0 Å². The standard InChI is InChI=1S/C25H31FO4/c1-8-29-25(6,7)20-15-22-18(11-12-24(4,5)30-22)14-19(20)17(3)21(26)10-9-16(2)13-23(27)28/h9-15H,8H2,1-7H3,(H,27,28)/b10-9+,16-13+,21-17+. The molecule has 162 valence electrons. The van der Waals surface area contributed by atoms with Crippen molar-refractivity contribution in [1.82, 2.24) is 0 Å². The van der Waals surface area contributed by atoms with E-state index in [-0.39, 0.29) is 0 Å². The van der Waals surface area contributed by atoms with Crippen LogP contribution in [-0.2, 0) is 15.1 Å². The number of halogens is 1. The number of hydrogen-bond donors (Lipinski definition) is 1. The van der Waals surface area contributed by atoms with Crippen LogP contribution in [0.3, 0.4) is 0 Å². The minimum Gasteiger partial charge on any atom is -0.483 e. The van der Waals surface area contributed by atoms with Crippen molar-refractivity contribution < 1.29 is 23.8 Å². The van der Waals surface area contributed by atoms with Gasteiger partial charge in [-0.25, -0.2) is 9.18 Å². The van der Waals surface area contributed by atoms with Gasteiger partial charge in [0.25, 0.3) is 0 Å². The van der Waals surface area contributed by atoms with Gasteiger partial charge in [-0.15, -0.1) is 0 Å². The van der Waals surface area contributed by atoms with Crippen LogP contribution >= 0.6 is 0 Å². The fourth-order valence-electron chi connectivity index (χ4n) is 3.37. The smallest absolute Gasteiger partial charge is 0.328 e. The van der Waals surface area contributed by atoms with E-state index in [4.69, 9.17) is 14.6 Å². The number of allylic oxidation sites excluding steroid dienone is 5. The normalized spacial score (nSPS) is 16.9. The monoisotopic (exact) mass is 414 g/mol. The third kappa shape index (κ3) is 5.70. The summed E-state index contributed by atoms with van der Waals surface area (Å²) < 4.78 is 27.1. The predicted molar refractivity (Wildman–Crippen MR) is 119 cm³/mol. The molecule has 0 spiro atoms. The maximum atomic E-state index is 15.0. The molecule has 4 nitrogen and oxygen atoms in total. The molecule has 0 bridgehead atoms. The Balaban J connectivity index is 2.62. The van der Waals surface area contributed by atoms with Crippen molar-refractivity contribution in [3.05, 3.63) is 64.5 Å². The van der Waals surface area contributed by atoms with Gasteiger partial charge in [0.15, 0.2) is 0 Å². The fraction of sp³-hybridized carbons (Fsp3) is 0.400. The van der Waals surface area contributed by atoms with Crippen molar-refractivity contribution in [1.29, 1.82) is 0 Å². The summed E-state index contributed by atoms with van der Waals surface area (Å²) in [4.78, 5) is 10.8. The molecule has 30 heavy (non-hydrogen) atoms. The Morgan fingerprint density at radius 3 is 2.53 bits per heavy atom. The Morgan fingerprint density at radius 2 is 1.93 bits per heavy atom. The van der Waals surface area contributed by atoms with Crippen LogP contribution in [0.5, 0.6) is 5.75 Å². The minimum absolute atomic E-state index is 0.422. The van der Waals surface area contributed by atoms with Crippen LogP contribution < -0.4 is 4.74 Å². The summed E-state index contributed by atoms with van der Waals surface area (Å²) in [6.07, 6.45) is 7.73. The van der Waals surface area contributed by atoms with Crippen molar-refractivity contribution in [2.24, 2.45) is 0 Å². The molecule has 0 radical (unpaired) electrons. The summed E-state index contributed by atoms with van der Waals surface area (Å²) in [5.74, 6) is -0.774. The molecule has 0 aliphatic carbocycles. The van der Waals surface area contributed by atoms with Gasteiger partial charge in [0, 0.05) is 18.2 Å². The van der Waals surface area contributed by atoms with Crippen LogP contribution in [0.2, 0.25) is 0 Å². The number of carboxylic acid groups (broad SMARTS) is 1. The molecule has 5 heteroatoms. The number of aliphatic carboxylic acids is 1. The maximum Gasteiger partial charge on any atom is 0.328 e. The zero-order chi connectivity index (χ0) is 22.7. The lowest BCUT2D eigenvalue weighted by Crippen LogP contribution is -2.29. The summed E-state index contributed by atoms with van der Waals surface area (Å²) in [5.41, 5.74) is 2.24. The van der Waals surface area contributed by atoms with Gasteiger partial charge in [-0.05, 0) is 95.0 Å². The molecule has 1 aliphatic heterocycles. The van der Waals surface area contributed by atoms with Crippen LogP contribution in [-0.4, -0.2) is 23.3 Å². The van der Waals surface area contributed by atoms with E-state index in [9.17, 15) is 4.79 Å². The molecule has 1 aromatic carbocycles. The van der Waals surface area contributed by atoms with Crippen molar-refractivity contribution in [2.75, 3.05) is 6.61 Å². The lowest BCUT2D eigenvalue weighted by Gasteiger charge is -2.33. The summed E-state index contributed by atoms with van der Waals surface area (Å²) >= 11 is 0. The van der Waals surface area contributed by atoms with E-state index in [0.29, 0.717) is 17.8 Å². The van der Waals surface area contributed by atoms with Crippen LogP contribution in [0.4, 0.5) is 4.39 Å². The van der Waals surface area contributed by atoms with Gasteiger partial charge in [0.05, 0.1) is 5.60 Å². The molecule has 0 saturated heterocycles. The average molecular weight is 415 g/mol. The average Bonchev–Trinajstić information content (AvgIpc) is 2.63. The number of carbonyl (C=O) groups is 1. The summed E-state index contributed by atoms with van der Waals surface area (Å²) in [7, 11) is 0. The summed E-state index contributed by atoms with van der Waals surface area (Å²) in [5, 5.41) is 8.81. The number of benzene rings is 1. The second-order valence-corrected chi connectivity index (χ2v) is 8.45. The topological polar surface area (TPSA) is 55.8 Å². The van der Waals surface area contributed by atoms with Gasteiger partial charge >= 0.3 is 5.97 Å². The second-order valence-electron chi connectivity index (χ2n) is 8.45. The van der Waals surface area contributed by atoms with Crippen LogP contribution in [0.15, 0.2) is 47.8 Å². The summed E-state index contributed by atoms with van der Waals surface area (Å²) in [6.45, 7) is 13.6. The molecule has 1 aromatic rings. The Hall–Kier alpha value is -2.66. The molecular formula is C25H31FO4. The second kappa shape index (κ2) is 9.00. The molecule has 0 atom stereocenters. The van der Waals surface area contributed by atoms with E-state index < -0.39 is 23.0 Å². The lowest BCUT2D eigenvalue weighted by molar-refractivity contribution is -0.131. The Labute approximate surface area is 178 Å². The zero-order valence-electron chi connectivity index (χ0n) is 18.8. The minimum atomic E-state index is -1.07. The van der Waals surface area contributed by atoms with Crippen molar-refractivity contribution in [3.63, 3.8) is 0 Å². The van der Waals surface area contributed by atoms with Crippen LogP contribution in [0.1, 0.15) is 65.2 Å². The number of carboxylic acids is 1. The first-order valence-corrected chi connectivity index (χ1v) is 10.0. The van der Waals surface area contributed by atoms with Gasteiger partial charge < -0.3 is 14.6 Å². The molecule has 0 fully saturated rings. The molecule has 1 N–H and O–H groups in total. The molecule has 0 aromatic heterocycles. The Kier molecular flexibility index (Phi) is 7.09. The molecule has 0 saturated carbocycles. The van der Waals surface area contributed by atoms with Gasteiger partial charge in [0.1, 0.15) is 17.2 Å². The first kappa shape index (κ1) is 23.6. The van der Waals surface area contributed by atoms with Gasteiger partial charge in [-0.2, -0.15) is 0 Å². The number of ether oxygens (including phenoxy) is 2. The molecule has 0 unspecified atom stereocenters. The molecule has 1 heterocycles. The van der Waals surface area contributed by atoms with E-state index in [1.807, 2.05) is 58.9 Å². The van der Waals surface area contributed by atoms with Gasteiger partial charge in [-0.3, -0.25) is 0 Å². The van der Waals surface area contributed by atoms with E-state index >= 15 is 4.39 Å². The third-order valence-corrected chi connectivity index (χ3v) is 4.95. The van der Waals surface area contributed by atoms with Gasteiger partial charge in [0.2, 0.25) is 0 Å². The fourth-order valence-corrected chi connectivity index (χ4v) is 3.37. The predicted octanol–water partition coefficient (Wildman–Crippen LogP) is 6.43. The quantitative estimate of drug-likeness (QED) is 0.413. The third-order valence-electron chi connectivity index (χ3n) is 4.95. The first-order valence-electron chi connectivity index (χ1n) is 10.0. The molecule has 2 rings (SSSR count). The van der Waals surface area contributed by atoms with E-state index in [2.05, 4.69) is 0 Å². The molecular weight excluding hydrogens is 383 g/mol. The lowest BCUT2D eigenvalue weighted by atomic mass is 9.86. The highest BCUT2D eigenvalue weighted by molar-refractivity contribution is 5.81. The van der Waals surface area contributed by atoms with E-state index in [1.165, 1.54) is 12.2 Å². The van der Waals surface area contributed by atoms with Gasteiger partial charge in [-0.1, -0.05) is 12.2 Å². The first-order chi connectivity index (χ1) is 13.9. The van der Waals surface area contributed by atoms with Crippen molar-refractivity contribution >= 4 is 17.6 Å². The highest BCUT2D eigenvalue weighted by Crippen LogP contribution is 2.41. The largest absolute Gasteiger partial charge is 0.483 e. The van der Waals surface area contributed by atoms with Crippen LogP contribution in [0.25, 0.3) is 11.6 Å². The Bertz CT molecular complexity index is 946. The highest BCUT2D eigenvalue weighted by Gasteiger charge is 2.29. The van der Waals surface area contributed by atoms with Crippen molar-refractivity contribution in [3.8, 4) is 5.75 Å². The van der Waals surface area contributed by atoms with E-state index in [1.54, 1.807) is 13.8 Å². The van der Waals surface area contributed by atoms with Crippen molar-refractivity contribution in [2.45, 2.75) is 59.7 Å². The Morgan fingerprint density at radius 1 is 1.27 bits per heavy atom.